The van der Waals surface area contributed by atoms with E-state index in [4.69, 9.17) is 9.47 Å². The summed E-state index contributed by atoms with van der Waals surface area (Å²) >= 11 is 0. The molecule has 0 aliphatic carbocycles. The van der Waals surface area contributed by atoms with E-state index < -0.39 is 6.09 Å². The quantitative estimate of drug-likeness (QED) is 0.793. The molecule has 0 radical (unpaired) electrons. The Morgan fingerprint density at radius 2 is 2.05 bits per heavy atom. The fraction of sp³-hybridized carbons (Fsp3) is 0.875. The first-order valence-corrected chi connectivity index (χ1v) is 8.37. The molecule has 0 saturated carbocycles. The van der Waals surface area contributed by atoms with Crippen molar-refractivity contribution in [3.8, 4) is 0 Å². The molecule has 126 valence electrons. The van der Waals surface area contributed by atoms with Crippen LogP contribution in [0.15, 0.2) is 0 Å². The molecule has 6 heteroatoms. The third-order valence-electron chi connectivity index (χ3n) is 4.12. The minimum atomic E-state index is -0.473. The van der Waals surface area contributed by atoms with Gasteiger partial charge < -0.3 is 9.47 Å². The van der Waals surface area contributed by atoms with Gasteiger partial charge in [0.15, 0.2) is 0 Å². The average molecular weight is 312 g/mol. The van der Waals surface area contributed by atoms with Crippen LogP contribution in [0.1, 0.15) is 39.5 Å². The Morgan fingerprint density at radius 3 is 2.73 bits per heavy atom. The number of ether oxygens (including phenoxy) is 2. The van der Waals surface area contributed by atoms with Gasteiger partial charge in [-0.15, -0.1) is 0 Å². The Kier molecular flexibility index (Phi) is 6.64. The monoisotopic (exact) mass is 312 g/mol. The van der Waals surface area contributed by atoms with Crippen molar-refractivity contribution in [3.05, 3.63) is 0 Å². The van der Waals surface area contributed by atoms with Crippen molar-refractivity contribution in [2.45, 2.75) is 45.6 Å². The third-order valence-corrected chi connectivity index (χ3v) is 4.12. The van der Waals surface area contributed by atoms with Gasteiger partial charge in [0.2, 0.25) is 5.91 Å². The molecule has 0 bridgehead atoms. The molecule has 2 aliphatic heterocycles. The zero-order valence-corrected chi connectivity index (χ0v) is 13.8. The van der Waals surface area contributed by atoms with E-state index in [9.17, 15) is 9.59 Å². The van der Waals surface area contributed by atoms with Gasteiger partial charge in [-0.05, 0) is 18.8 Å². The van der Waals surface area contributed by atoms with Gasteiger partial charge in [-0.25, -0.2) is 9.69 Å². The van der Waals surface area contributed by atoms with Gasteiger partial charge in [0.05, 0.1) is 25.9 Å². The fourth-order valence-electron chi connectivity index (χ4n) is 2.92. The van der Waals surface area contributed by atoms with Crippen LogP contribution in [0, 0.1) is 5.92 Å². The smallest absolute Gasteiger partial charge is 0.416 e. The van der Waals surface area contributed by atoms with Crippen molar-refractivity contribution in [3.63, 3.8) is 0 Å². The molecule has 1 unspecified atom stereocenters. The lowest BCUT2D eigenvalue weighted by Gasteiger charge is -2.34. The first-order chi connectivity index (χ1) is 10.6. The molecule has 0 aromatic carbocycles. The second-order valence-electron chi connectivity index (χ2n) is 6.55. The highest BCUT2D eigenvalue weighted by molar-refractivity contribution is 5.92. The summed E-state index contributed by atoms with van der Waals surface area (Å²) in [5.74, 6) is 0.174. The van der Waals surface area contributed by atoms with E-state index in [0.717, 1.165) is 52.1 Å². The molecular weight excluding hydrogens is 284 g/mol. The van der Waals surface area contributed by atoms with Gasteiger partial charge in [-0.3, -0.25) is 9.69 Å². The predicted octanol–water partition coefficient (Wildman–Crippen LogP) is 1.88. The molecule has 0 N–H and O–H groups in total. The molecular formula is C16H28N2O4. The van der Waals surface area contributed by atoms with E-state index >= 15 is 0 Å². The van der Waals surface area contributed by atoms with Crippen molar-refractivity contribution in [2.75, 3.05) is 39.5 Å². The van der Waals surface area contributed by atoms with Gasteiger partial charge in [0, 0.05) is 26.1 Å². The van der Waals surface area contributed by atoms with Crippen LogP contribution in [0.4, 0.5) is 4.79 Å². The molecule has 2 fully saturated rings. The van der Waals surface area contributed by atoms with Crippen molar-refractivity contribution < 1.29 is 19.1 Å². The fourth-order valence-corrected chi connectivity index (χ4v) is 2.92. The lowest BCUT2D eigenvalue weighted by Crippen LogP contribution is -2.51. The number of amides is 2. The minimum absolute atomic E-state index is 0.0761. The number of carbonyl (C=O) groups excluding carboxylic acids is 2. The molecule has 22 heavy (non-hydrogen) atoms. The first-order valence-electron chi connectivity index (χ1n) is 8.37. The predicted molar refractivity (Wildman–Crippen MR) is 82.5 cm³/mol. The number of nitrogens with zero attached hydrogens (tertiary/aromatic N) is 2. The molecule has 0 aromatic rings. The summed E-state index contributed by atoms with van der Waals surface area (Å²) in [4.78, 5) is 28.3. The lowest BCUT2D eigenvalue weighted by molar-refractivity contribution is -0.131. The summed E-state index contributed by atoms with van der Waals surface area (Å²) in [6, 6.07) is -0.0761. The molecule has 2 amide bonds. The first kappa shape index (κ1) is 17.2. The van der Waals surface area contributed by atoms with E-state index in [1.807, 2.05) is 13.8 Å². The average Bonchev–Trinajstić information content (AvgIpc) is 2.67. The van der Waals surface area contributed by atoms with Gasteiger partial charge in [-0.2, -0.15) is 0 Å². The Labute approximate surface area is 132 Å². The second-order valence-corrected chi connectivity index (χ2v) is 6.55. The molecule has 6 nitrogen and oxygen atoms in total. The van der Waals surface area contributed by atoms with Gasteiger partial charge in [0.25, 0.3) is 0 Å². The number of likely N-dealkylation sites (tertiary alicyclic amines) is 1. The summed E-state index contributed by atoms with van der Waals surface area (Å²) in [6.45, 7) is 8.22. The van der Waals surface area contributed by atoms with E-state index in [-0.39, 0.29) is 17.9 Å². The van der Waals surface area contributed by atoms with Crippen LogP contribution in [0.3, 0.4) is 0 Å². The van der Waals surface area contributed by atoms with Gasteiger partial charge in [-0.1, -0.05) is 20.3 Å². The maximum absolute atomic E-state index is 12.4. The summed E-state index contributed by atoms with van der Waals surface area (Å²) in [6.07, 6.45) is 2.66. The van der Waals surface area contributed by atoms with E-state index in [1.54, 1.807) is 0 Å². The number of carbonyl (C=O) groups is 2. The van der Waals surface area contributed by atoms with Crippen LogP contribution in [-0.4, -0.2) is 67.3 Å². The summed E-state index contributed by atoms with van der Waals surface area (Å²) < 4.78 is 10.7. The van der Waals surface area contributed by atoms with Crippen LogP contribution >= 0.6 is 0 Å². The van der Waals surface area contributed by atoms with Crippen molar-refractivity contribution in [2.24, 2.45) is 5.92 Å². The highest BCUT2D eigenvalue weighted by atomic mass is 16.6. The standard InChI is InChI=1S/C16H28N2O4/c1-13(2)12-22-16(20)18-14(5-3-4-6-15(18)19)11-17-7-9-21-10-8-17/h13-14H,3-12H2,1-2H3. The molecule has 2 saturated heterocycles. The third kappa shape index (κ3) is 4.95. The van der Waals surface area contributed by atoms with E-state index in [2.05, 4.69) is 4.90 Å². The van der Waals surface area contributed by atoms with Crippen molar-refractivity contribution >= 4 is 12.0 Å². The van der Waals surface area contributed by atoms with Crippen LogP contribution in [0.25, 0.3) is 0 Å². The van der Waals surface area contributed by atoms with Crippen LogP contribution in [0.5, 0.6) is 0 Å². The number of morpholine rings is 1. The summed E-state index contributed by atoms with van der Waals surface area (Å²) in [5, 5.41) is 0. The SMILES string of the molecule is CC(C)COC(=O)N1C(=O)CCCCC1CN1CCOCC1. The Hall–Kier alpha value is -1.14. The Balaban J connectivity index is 2.01. The molecule has 2 heterocycles. The highest BCUT2D eigenvalue weighted by Gasteiger charge is 2.34. The van der Waals surface area contributed by atoms with Crippen molar-refractivity contribution in [1.82, 2.24) is 9.80 Å². The van der Waals surface area contributed by atoms with Crippen molar-refractivity contribution in [1.29, 1.82) is 0 Å². The Bertz CT molecular complexity index is 380. The highest BCUT2D eigenvalue weighted by Crippen LogP contribution is 2.20. The zero-order chi connectivity index (χ0) is 15.9. The molecule has 1 atom stereocenters. The maximum atomic E-state index is 12.4. The number of rotatable bonds is 4. The van der Waals surface area contributed by atoms with Gasteiger partial charge in [0.1, 0.15) is 0 Å². The minimum Gasteiger partial charge on any atom is -0.449 e. The van der Waals surface area contributed by atoms with Gasteiger partial charge >= 0.3 is 6.09 Å². The molecule has 0 aromatic heterocycles. The number of imide groups is 1. The summed E-state index contributed by atoms with van der Waals surface area (Å²) in [7, 11) is 0. The summed E-state index contributed by atoms with van der Waals surface area (Å²) in [5.41, 5.74) is 0. The van der Waals surface area contributed by atoms with Crippen LogP contribution in [-0.2, 0) is 14.3 Å². The molecule has 0 spiro atoms. The topological polar surface area (TPSA) is 59.1 Å². The molecule has 2 aliphatic rings. The Morgan fingerprint density at radius 1 is 1.32 bits per heavy atom. The normalized spacial score (nSPS) is 24.4. The lowest BCUT2D eigenvalue weighted by atomic mass is 10.1. The number of hydrogen-bond acceptors (Lipinski definition) is 5. The number of hydrogen-bond donors (Lipinski definition) is 0. The van der Waals surface area contributed by atoms with E-state index in [1.165, 1.54) is 4.90 Å². The second kappa shape index (κ2) is 8.48. The van der Waals surface area contributed by atoms with Crippen LogP contribution < -0.4 is 0 Å². The molecule has 2 rings (SSSR count). The van der Waals surface area contributed by atoms with Crippen LogP contribution in [0.2, 0.25) is 0 Å². The van der Waals surface area contributed by atoms with E-state index in [0.29, 0.717) is 13.0 Å². The largest absolute Gasteiger partial charge is 0.449 e. The zero-order valence-electron chi connectivity index (χ0n) is 13.8. The maximum Gasteiger partial charge on any atom is 0.416 e.